The highest BCUT2D eigenvalue weighted by Gasteiger charge is 2.42. The maximum absolute atomic E-state index is 12.7. The molecule has 0 spiro atoms. The van der Waals surface area contributed by atoms with Crippen molar-refractivity contribution < 1.29 is 18.0 Å². The van der Waals surface area contributed by atoms with Gasteiger partial charge in [0.2, 0.25) is 0 Å². The molecule has 27 heavy (non-hydrogen) atoms. The summed E-state index contributed by atoms with van der Waals surface area (Å²) in [7, 11) is 0. The molecule has 142 valence electrons. The minimum Gasteiger partial charge on any atom is -0.354 e. The van der Waals surface area contributed by atoms with Crippen LogP contribution < -0.4 is 4.90 Å². The first-order valence-electron chi connectivity index (χ1n) is 8.64. The van der Waals surface area contributed by atoms with E-state index < -0.39 is 12.1 Å². The molecule has 0 radical (unpaired) electrons. The molecular weight excluding hydrogens is 357 g/mol. The number of alkyl halides is 3. The van der Waals surface area contributed by atoms with Gasteiger partial charge in [-0.15, -0.1) is 0 Å². The molecule has 5 nitrogen and oxygen atoms in total. The minimum atomic E-state index is -4.87. The van der Waals surface area contributed by atoms with Crippen molar-refractivity contribution >= 4 is 22.6 Å². The summed E-state index contributed by atoms with van der Waals surface area (Å²) in [6, 6.07) is 7.79. The molecule has 1 amide bonds. The van der Waals surface area contributed by atoms with Crippen LogP contribution in [0.15, 0.2) is 18.2 Å². The molecule has 8 heteroatoms. The number of fused-ring (bicyclic) bond motifs is 1. The van der Waals surface area contributed by atoms with Crippen LogP contribution in [0.3, 0.4) is 0 Å². The Morgan fingerprint density at radius 1 is 1.11 bits per heavy atom. The Morgan fingerprint density at radius 2 is 1.81 bits per heavy atom. The van der Waals surface area contributed by atoms with Crippen molar-refractivity contribution in [2.75, 3.05) is 31.1 Å². The first-order valence-corrected chi connectivity index (χ1v) is 8.64. The molecule has 3 rings (SSSR count). The van der Waals surface area contributed by atoms with Crippen molar-refractivity contribution in [3.63, 3.8) is 0 Å². The summed E-state index contributed by atoms with van der Waals surface area (Å²) < 4.78 is 38.1. The summed E-state index contributed by atoms with van der Waals surface area (Å²) in [6.45, 7) is 4.55. The zero-order chi connectivity index (χ0) is 19.8. The van der Waals surface area contributed by atoms with Gasteiger partial charge >= 0.3 is 12.1 Å². The minimum absolute atomic E-state index is 0.0304. The van der Waals surface area contributed by atoms with Crippen LogP contribution in [0.2, 0.25) is 0 Å². The summed E-state index contributed by atoms with van der Waals surface area (Å²) >= 11 is 0. The number of carbonyl (C=O) groups excluding carboxylic acids is 1. The Morgan fingerprint density at radius 3 is 2.48 bits per heavy atom. The SMILES string of the molecule is Cc1cc2cc(C#N)c(N3CCCN(C(=O)C(F)(F)F)CC3)nc2cc1C. The van der Waals surface area contributed by atoms with Crippen LogP contribution in [-0.4, -0.2) is 48.1 Å². The van der Waals surface area contributed by atoms with Crippen molar-refractivity contribution in [3.8, 4) is 6.07 Å². The van der Waals surface area contributed by atoms with E-state index in [1.54, 1.807) is 11.0 Å². The number of aryl methyl sites for hydroxylation is 2. The number of nitrogens with zero attached hydrogens (tertiary/aromatic N) is 4. The van der Waals surface area contributed by atoms with Crippen molar-refractivity contribution in [1.82, 2.24) is 9.88 Å². The highest BCUT2D eigenvalue weighted by atomic mass is 19.4. The molecule has 1 aromatic heterocycles. The molecule has 0 saturated carbocycles. The number of rotatable bonds is 1. The summed E-state index contributed by atoms with van der Waals surface area (Å²) in [5.74, 6) is -1.36. The zero-order valence-corrected chi connectivity index (χ0v) is 15.1. The summed E-state index contributed by atoms with van der Waals surface area (Å²) in [5.41, 5.74) is 3.28. The van der Waals surface area contributed by atoms with Crippen LogP contribution in [0.4, 0.5) is 19.0 Å². The lowest BCUT2D eigenvalue weighted by Crippen LogP contribution is -2.43. The van der Waals surface area contributed by atoms with Crippen LogP contribution in [0, 0.1) is 25.2 Å². The quantitative estimate of drug-likeness (QED) is 0.766. The number of nitriles is 1. The van der Waals surface area contributed by atoms with Crippen LogP contribution in [-0.2, 0) is 4.79 Å². The van der Waals surface area contributed by atoms with Gasteiger partial charge in [0.25, 0.3) is 0 Å². The second-order valence-electron chi connectivity index (χ2n) is 6.73. The predicted molar refractivity (Wildman–Crippen MR) is 95.4 cm³/mol. The number of anilines is 1. The number of hydrogen-bond acceptors (Lipinski definition) is 4. The van der Waals surface area contributed by atoms with Gasteiger partial charge in [-0.05, 0) is 49.6 Å². The highest BCUT2D eigenvalue weighted by molar-refractivity contribution is 5.85. The van der Waals surface area contributed by atoms with Gasteiger partial charge in [-0.25, -0.2) is 4.98 Å². The molecule has 1 aliphatic rings. The largest absolute Gasteiger partial charge is 0.471 e. The van der Waals surface area contributed by atoms with Crippen molar-refractivity contribution in [1.29, 1.82) is 5.26 Å². The normalized spacial score (nSPS) is 15.6. The van der Waals surface area contributed by atoms with Crippen LogP contribution in [0.1, 0.15) is 23.1 Å². The zero-order valence-electron chi connectivity index (χ0n) is 15.1. The van der Waals surface area contributed by atoms with Gasteiger partial charge in [0.1, 0.15) is 11.9 Å². The maximum Gasteiger partial charge on any atom is 0.471 e. The van der Waals surface area contributed by atoms with E-state index in [0.29, 0.717) is 24.3 Å². The van der Waals surface area contributed by atoms with Crippen LogP contribution in [0.25, 0.3) is 10.9 Å². The maximum atomic E-state index is 12.7. The van der Waals surface area contributed by atoms with Gasteiger partial charge in [0.15, 0.2) is 0 Å². The van der Waals surface area contributed by atoms with Crippen molar-refractivity contribution in [2.45, 2.75) is 26.4 Å². The average molecular weight is 376 g/mol. The Balaban J connectivity index is 1.92. The van der Waals surface area contributed by atoms with E-state index in [9.17, 15) is 23.2 Å². The van der Waals surface area contributed by atoms with Gasteiger partial charge in [-0.1, -0.05) is 0 Å². The van der Waals surface area contributed by atoms with Gasteiger partial charge in [0, 0.05) is 31.6 Å². The first-order chi connectivity index (χ1) is 12.7. The fourth-order valence-electron chi connectivity index (χ4n) is 3.27. The molecule has 2 heterocycles. The molecular formula is C19H19F3N4O. The van der Waals surface area contributed by atoms with E-state index in [1.165, 1.54) is 0 Å². The summed E-state index contributed by atoms with van der Waals surface area (Å²) in [6.07, 6.45) is -4.50. The fraction of sp³-hybridized carbons (Fsp3) is 0.421. The van der Waals surface area contributed by atoms with Gasteiger partial charge in [0.05, 0.1) is 11.1 Å². The molecule has 0 N–H and O–H groups in total. The molecule has 0 atom stereocenters. The number of hydrogen-bond donors (Lipinski definition) is 0. The number of halogens is 3. The van der Waals surface area contributed by atoms with Gasteiger partial charge in [-0.3, -0.25) is 4.79 Å². The van der Waals surface area contributed by atoms with Crippen LogP contribution >= 0.6 is 0 Å². The lowest BCUT2D eigenvalue weighted by molar-refractivity contribution is -0.185. The number of amides is 1. The van der Waals surface area contributed by atoms with E-state index in [0.717, 1.165) is 26.9 Å². The topological polar surface area (TPSA) is 60.2 Å². The second kappa shape index (κ2) is 7.06. The standard InChI is InChI=1S/C19H19F3N4O/c1-12-8-14-10-15(11-23)17(24-16(14)9-13(12)2)25-4-3-5-26(7-6-25)18(27)19(20,21)22/h8-10H,3-7H2,1-2H3. The molecule has 1 fully saturated rings. The second-order valence-corrected chi connectivity index (χ2v) is 6.73. The van der Waals surface area contributed by atoms with Crippen molar-refractivity contribution in [2.24, 2.45) is 0 Å². The lowest BCUT2D eigenvalue weighted by atomic mass is 10.0. The summed E-state index contributed by atoms with van der Waals surface area (Å²) in [5, 5.41) is 10.4. The van der Waals surface area contributed by atoms with Gasteiger partial charge < -0.3 is 9.80 Å². The van der Waals surface area contributed by atoms with E-state index in [1.807, 2.05) is 26.0 Å². The Kier molecular flexibility index (Phi) is 4.96. The lowest BCUT2D eigenvalue weighted by Gasteiger charge is -2.24. The number of benzene rings is 1. The number of pyridine rings is 1. The van der Waals surface area contributed by atoms with Crippen LogP contribution in [0.5, 0.6) is 0 Å². The molecule has 1 saturated heterocycles. The third-order valence-corrected chi connectivity index (χ3v) is 4.86. The van der Waals surface area contributed by atoms with E-state index in [-0.39, 0.29) is 19.6 Å². The molecule has 1 aromatic carbocycles. The molecule has 0 aliphatic carbocycles. The molecule has 0 unspecified atom stereocenters. The summed E-state index contributed by atoms with van der Waals surface area (Å²) in [4.78, 5) is 18.7. The molecule has 1 aliphatic heterocycles. The molecule has 2 aromatic rings. The number of carbonyl (C=O) groups is 1. The smallest absolute Gasteiger partial charge is 0.354 e. The Labute approximate surface area is 155 Å². The predicted octanol–water partition coefficient (Wildman–Crippen LogP) is 3.32. The van der Waals surface area contributed by atoms with E-state index in [2.05, 4.69) is 11.1 Å². The third-order valence-electron chi connectivity index (χ3n) is 4.86. The number of aromatic nitrogens is 1. The Hall–Kier alpha value is -2.82. The van der Waals surface area contributed by atoms with E-state index in [4.69, 9.17) is 0 Å². The monoisotopic (exact) mass is 376 g/mol. The fourth-order valence-corrected chi connectivity index (χ4v) is 3.27. The highest BCUT2D eigenvalue weighted by Crippen LogP contribution is 2.27. The first kappa shape index (κ1) is 19.0. The Bertz CT molecular complexity index is 933. The molecule has 0 bridgehead atoms. The van der Waals surface area contributed by atoms with E-state index >= 15 is 0 Å². The van der Waals surface area contributed by atoms with Gasteiger partial charge in [-0.2, -0.15) is 18.4 Å². The van der Waals surface area contributed by atoms with Crippen molar-refractivity contribution in [3.05, 3.63) is 34.9 Å². The average Bonchev–Trinajstić information content (AvgIpc) is 2.86. The third kappa shape index (κ3) is 3.82.